The SMILES string of the molecule is Cn1nc(NS(C)(=O)=O)c2c(Cl)ccc(-n3c([C@H](Cc4cc(F)cc(F)c4)NC(=O)Cn4nc(C(F)F)c5c4C(F)(F)[C@@H]4C[C@H]54)nc4nc(-c5cncnc5)ccc4c3=O)c21. The summed E-state index contributed by atoms with van der Waals surface area (Å²) in [6, 6.07) is 6.65. The quantitative estimate of drug-likeness (QED) is 0.149. The highest BCUT2D eigenvalue weighted by Gasteiger charge is 2.67. The third-order valence-corrected chi connectivity index (χ3v) is 11.4. The molecule has 2 aromatic carbocycles. The molecule has 61 heavy (non-hydrogen) atoms. The van der Waals surface area contributed by atoms with Gasteiger partial charge in [0.25, 0.3) is 17.9 Å². The van der Waals surface area contributed by atoms with Crippen LogP contribution >= 0.6 is 11.6 Å². The summed E-state index contributed by atoms with van der Waals surface area (Å²) in [6.45, 7) is -1.00. The summed E-state index contributed by atoms with van der Waals surface area (Å²) >= 11 is 6.60. The second-order valence-electron chi connectivity index (χ2n) is 14.7. The number of carbonyl (C=O) groups excluding carboxylic acids is 1. The van der Waals surface area contributed by atoms with Crippen LogP contribution in [0.4, 0.5) is 32.2 Å². The number of halogens is 7. The largest absolute Gasteiger partial charge is 0.344 e. The van der Waals surface area contributed by atoms with Crippen molar-refractivity contribution in [2.45, 2.75) is 43.7 Å². The molecule has 0 saturated heterocycles. The number of pyridine rings is 1. The van der Waals surface area contributed by atoms with Gasteiger partial charge >= 0.3 is 0 Å². The average Bonchev–Trinajstić information content (AvgIpc) is 3.73. The molecule has 0 bridgehead atoms. The Hall–Kier alpha value is -6.42. The van der Waals surface area contributed by atoms with Crippen LogP contribution in [0, 0.1) is 17.6 Å². The maximum atomic E-state index is 15.5. The van der Waals surface area contributed by atoms with Gasteiger partial charge in [-0.25, -0.2) is 45.9 Å². The maximum Gasteiger partial charge on any atom is 0.293 e. The standard InChI is InChI=1S/C38H28ClF6N11O4S/c1-54-31-26(6-4-23(39)29(31)35(52-54)53-61(2,59)60)56-36(50-34-20(37(56)58)3-5-24(49-34)17-12-46-15-47-13-17)25(9-16-7-18(40)10-19(41)8-16)48-27(57)14-55-32-28(30(51-55)33(42)43)21-11-22(21)38(32,44)45/h3-8,10,12-13,15,21-22,25,33H,9,11,14H2,1-2H3,(H,48,57)(H,52,53)/t21-,22+,25-/m0/s1. The fourth-order valence-corrected chi connectivity index (χ4v) is 8.79. The highest BCUT2D eigenvalue weighted by molar-refractivity contribution is 7.92. The van der Waals surface area contributed by atoms with Crippen LogP contribution in [0.2, 0.25) is 5.02 Å². The number of hydrogen-bond acceptors (Lipinski definition) is 10. The van der Waals surface area contributed by atoms with Gasteiger partial charge in [-0.2, -0.15) is 19.0 Å². The van der Waals surface area contributed by atoms with E-state index in [1.165, 1.54) is 54.7 Å². The van der Waals surface area contributed by atoms with Gasteiger partial charge in [-0.05, 0) is 54.3 Å². The summed E-state index contributed by atoms with van der Waals surface area (Å²) < 4.78 is 118. The van der Waals surface area contributed by atoms with Crippen LogP contribution in [-0.2, 0) is 40.8 Å². The minimum absolute atomic E-state index is 0.0114. The Morgan fingerprint density at radius 1 is 1.03 bits per heavy atom. The number of nitrogens with zero attached hydrogens (tertiary/aromatic N) is 9. The lowest BCUT2D eigenvalue weighted by Crippen LogP contribution is -2.38. The Morgan fingerprint density at radius 3 is 2.44 bits per heavy atom. The van der Waals surface area contributed by atoms with Crippen molar-refractivity contribution < 1.29 is 39.6 Å². The number of sulfonamides is 1. The Morgan fingerprint density at radius 2 is 1.75 bits per heavy atom. The summed E-state index contributed by atoms with van der Waals surface area (Å²) in [5.41, 5.74) is -2.22. The van der Waals surface area contributed by atoms with E-state index in [0.29, 0.717) is 16.3 Å². The van der Waals surface area contributed by atoms with Gasteiger partial charge in [-0.1, -0.05) is 11.6 Å². The van der Waals surface area contributed by atoms with E-state index < -0.39 is 87.7 Å². The first kappa shape index (κ1) is 40.0. The predicted molar refractivity (Wildman–Crippen MR) is 207 cm³/mol. The van der Waals surface area contributed by atoms with Gasteiger partial charge in [-0.15, -0.1) is 0 Å². The number of benzene rings is 2. The van der Waals surface area contributed by atoms with E-state index in [1.807, 2.05) is 0 Å². The maximum absolute atomic E-state index is 15.5. The zero-order chi connectivity index (χ0) is 43.3. The highest BCUT2D eigenvalue weighted by atomic mass is 35.5. The van der Waals surface area contributed by atoms with Crippen molar-refractivity contribution >= 4 is 55.3 Å². The summed E-state index contributed by atoms with van der Waals surface area (Å²) in [7, 11) is -2.48. The van der Waals surface area contributed by atoms with Gasteiger partial charge < -0.3 is 5.32 Å². The number of nitrogens with one attached hydrogen (secondary N) is 2. The molecule has 5 aromatic heterocycles. The molecule has 0 radical (unpaired) electrons. The lowest BCUT2D eigenvalue weighted by atomic mass is 10.0. The van der Waals surface area contributed by atoms with Crippen LogP contribution in [0.1, 0.15) is 53.1 Å². The van der Waals surface area contributed by atoms with Gasteiger partial charge in [0.15, 0.2) is 11.5 Å². The first-order chi connectivity index (χ1) is 28.9. The topological polar surface area (TPSA) is 184 Å². The number of rotatable bonds is 11. The average molecular weight is 884 g/mol. The summed E-state index contributed by atoms with van der Waals surface area (Å²) in [5, 5.41) is 10.6. The molecular weight excluding hydrogens is 856 g/mol. The molecule has 2 N–H and O–H groups in total. The fraction of sp³-hybridized carbons (Fsp3) is 0.263. The third-order valence-electron chi connectivity index (χ3n) is 10.5. The first-order valence-electron chi connectivity index (χ1n) is 18.2. The van der Waals surface area contributed by atoms with Crippen LogP contribution in [0.15, 0.2) is 66.0 Å². The molecule has 9 rings (SSSR count). The van der Waals surface area contributed by atoms with Crippen molar-refractivity contribution in [3.8, 4) is 16.9 Å². The molecule has 15 nitrogen and oxygen atoms in total. The molecule has 1 saturated carbocycles. The van der Waals surface area contributed by atoms with E-state index in [4.69, 9.17) is 16.6 Å². The van der Waals surface area contributed by atoms with Crippen molar-refractivity contribution in [1.82, 2.24) is 49.4 Å². The second kappa shape index (κ2) is 14.4. The van der Waals surface area contributed by atoms with Gasteiger partial charge in [0, 0.05) is 49.0 Å². The van der Waals surface area contributed by atoms with Crippen molar-refractivity contribution in [2.75, 3.05) is 11.0 Å². The van der Waals surface area contributed by atoms with Crippen LogP contribution in [0.3, 0.4) is 0 Å². The molecule has 2 aliphatic rings. The smallest absolute Gasteiger partial charge is 0.293 e. The number of anilines is 1. The Labute approximate surface area is 344 Å². The van der Waals surface area contributed by atoms with Gasteiger partial charge in [0.2, 0.25) is 15.9 Å². The lowest BCUT2D eigenvalue weighted by Gasteiger charge is -2.24. The van der Waals surface area contributed by atoms with Crippen LogP contribution in [0.5, 0.6) is 0 Å². The number of amides is 1. The summed E-state index contributed by atoms with van der Waals surface area (Å²) in [4.78, 5) is 46.3. The number of fused-ring (bicyclic) bond motifs is 5. The van der Waals surface area contributed by atoms with E-state index in [9.17, 15) is 35.6 Å². The lowest BCUT2D eigenvalue weighted by molar-refractivity contribution is -0.123. The zero-order valence-electron chi connectivity index (χ0n) is 31.4. The van der Waals surface area contributed by atoms with E-state index >= 15 is 8.78 Å². The van der Waals surface area contributed by atoms with Crippen molar-refractivity contribution in [3.63, 3.8) is 0 Å². The van der Waals surface area contributed by atoms with Crippen molar-refractivity contribution in [3.05, 3.63) is 117 Å². The predicted octanol–water partition coefficient (Wildman–Crippen LogP) is 5.87. The van der Waals surface area contributed by atoms with Gasteiger partial charge in [0.05, 0.1) is 45.0 Å². The van der Waals surface area contributed by atoms with E-state index in [1.54, 1.807) is 0 Å². The first-order valence-corrected chi connectivity index (χ1v) is 20.5. The Balaban J connectivity index is 1.26. The summed E-state index contributed by atoms with van der Waals surface area (Å²) in [6.07, 6.45) is 1.38. The molecule has 7 aromatic rings. The monoisotopic (exact) mass is 883 g/mol. The second-order valence-corrected chi connectivity index (χ2v) is 16.9. The number of carbonyl (C=O) groups is 1. The number of hydrogen-bond donors (Lipinski definition) is 2. The molecule has 3 atom stereocenters. The Kier molecular flexibility index (Phi) is 9.42. The van der Waals surface area contributed by atoms with Gasteiger partial charge in [0.1, 0.15) is 41.7 Å². The minimum atomic E-state index is -3.92. The normalized spacial score (nSPS) is 17.1. The molecule has 1 fully saturated rings. The Bertz CT molecular complexity index is 3130. The van der Waals surface area contributed by atoms with E-state index in [0.717, 1.165) is 23.0 Å². The fourth-order valence-electron chi connectivity index (χ4n) is 8.05. The van der Waals surface area contributed by atoms with Gasteiger partial charge in [-0.3, -0.25) is 28.2 Å². The van der Waals surface area contributed by atoms with Crippen LogP contribution < -0.4 is 15.6 Å². The molecule has 0 spiro atoms. The molecule has 1 amide bonds. The van der Waals surface area contributed by atoms with Crippen LogP contribution in [-0.4, -0.2) is 64.6 Å². The van der Waals surface area contributed by atoms with Crippen LogP contribution in [0.25, 0.3) is 38.9 Å². The minimum Gasteiger partial charge on any atom is -0.344 e. The van der Waals surface area contributed by atoms with Crippen molar-refractivity contribution in [1.29, 1.82) is 0 Å². The zero-order valence-corrected chi connectivity index (χ0v) is 33.0. The number of aromatic nitrogens is 9. The molecule has 5 heterocycles. The molecule has 0 unspecified atom stereocenters. The molecule has 0 aliphatic heterocycles. The van der Waals surface area contributed by atoms with E-state index in [-0.39, 0.29) is 67.5 Å². The highest BCUT2D eigenvalue weighted by Crippen LogP contribution is 2.68. The van der Waals surface area contributed by atoms with Crippen molar-refractivity contribution in [2.24, 2.45) is 13.0 Å². The third kappa shape index (κ3) is 7.01. The molecule has 314 valence electrons. The number of aryl methyl sites for hydroxylation is 1. The molecular formula is C38H28ClF6N11O4S. The molecule has 2 aliphatic carbocycles. The van der Waals surface area contributed by atoms with E-state index in [2.05, 4.69) is 35.2 Å². The summed E-state index contributed by atoms with van der Waals surface area (Å²) in [5.74, 6) is -9.19. The molecule has 23 heteroatoms. The number of alkyl halides is 4.